The minimum atomic E-state index is -2.17. The van der Waals surface area contributed by atoms with Gasteiger partial charge in [-0.2, -0.15) is 0 Å². The van der Waals surface area contributed by atoms with E-state index in [1.165, 1.54) is 44.8 Å². The Kier molecular flexibility index (Phi) is 7.15. The van der Waals surface area contributed by atoms with Gasteiger partial charge in [-0.25, -0.2) is 0 Å². The molecule has 2 nitrogen and oxygen atoms in total. The van der Waals surface area contributed by atoms with Gasteiger partial charge in [-0.1, -0.05) is 0 Å². The number of aryl methyl sites for hydroxylation is 6. The van der Waals surface area contributed by atoms with Crippen LogP contribution in [0.4, 0.5) is 0 Å². The second kappa shape index (κ2) is 9.21. The Balaban J connectivity index is 2.57. The van der Waals surface area contributed by atoms with Gasteiger partial charge in [-0.3, -0.25) is 0 Å². The van der Waals surface area contributed by atoms with Crippen molar-refractivity contribution in [3.63, 3.8) is 0 Å². The molecule has 1 aromatic heterocycles. The molecule has 0 N–H and O–H groups in total. The molecule has 2 aromatic carbocycles. The van der Waals surface area contributed by atoms with E-state index in [1.54, 1.807) is 13.4 Å². The van der Waals surface area contributed by atoms with E-state index >= 15 is 0 Å². The third-order valence-electron chi connectivity index (χ3n) is 6.81. The predicted molar refractivity (Wildman–Crippen MR) is 141 cm³/mol. The Morgan fingerprint density at radius 1 is 0.656 bits per heavy atom. The van der Waals surface area contributed by atoms with Crippen molar-refractivity contribution in [1.29, 1.82) is 0 Å². The maximum absolute atomic E-state index is 2.67. The number of rotatable bonds is 5. The molecule has 32 heavy (non-hydrogen) atoms. The van der Waals surface area contributed by atoms with Crippen molar-refractivity contribution in [3.05, 3.63) is 69.0 Å². The van der Waals surface area contributed by atoms with Crippen LogP contribution in [0.25, 0.3) is 0 Å². The SMILES string of the molecule is Cc1cc(C)[c]([Ge]([c]2c(C)cc(C)cc2C)[c]2n(C(C)C)c(C)c(C)[n+]2C(C)C)c(C)c1. The Bertz CT molecular complexity index is 1030. The topological polar surface area (TPSA) is 8.81 Å². The summed E-state index contributed by atoms with van der Waals surface area (Å²) in [6.45, 7) is 27.8. The van der Waals surface area contributed by atoms with E-state index in [1.807, 2.05) is 0 Å². The molecule has 3 rings (SSSR count). The molecule has 0 spiro atoms. The van der Waals surface area contributed by atoms with Crippen LogP contribution in [0.15, 0.2) is 24.3 Å². The summed E-state index contributed by atoms with van der Waals surface area (Å²) in [6.07, 6.45) is 0. The summed E-state index contributed by atoms with van der Waals surface area (Å²) in [5, 5.41) is 0. The summed E-state index contributed by atoms with van der Waals surface area (Å²) in [5.41, 5.74) is 11.4. The van der Waals surface area contributed by atoms with Crippen LogP contribution in [-0.4, -0.2) is 18.9 Å². The molecule has 0 fully saturated rings. The quantitative estimate of drug-likeness (QED) is 0.354. The molecule has 3 aromatic rings. The molecule has 3 heteroatoms. The number of nitrogens with zero attached hydrogens (tertiary/aromatic N) is 2. The van der Waals surface area contributed by atoms with Gasteiger partial charge in [0.2, 0.25) is 0 Å². The molecule has 0 amide bonds. The standard InChI is InChI=1S/C29H42GeN2/c1-17(2)31-25(11)26(12)32(18(3)4)29(31)30(27-21(7)13-19(5)14-22(27)8)28-23(9)15-20(6)16-24(28)10/h13-18H,1-12H3/q+1. The Morgan fingerprint density at radius 2 is 1.03 bits per heavy atom. The summed E-state index contributed by atoms with van der Waals surface area (Å²) < 4.78 is 10.2. The molecule has 1 radical (unpaired) electrons. The van der Waals surface area contributed by atoms with E-state index in [0.29, 0.717) is 12.1 Å². The molecule has 0 atom stereocenters. The molecule has 0 aliphatic rings. The summed E-state index contributed by atoms with van der Waals surface area (Å²) in [7, 11) is 0. The van der Waals surface area contributed by atoms with E-state index in [0.717, 1.165) is 0 Å². The molecule has 0 bridgehead atoms. The molecule has 0 aliphatic heterocycles. The Morgan fingerprint density at radius 3 is 1.34 bits per heavy atom. The van der Waals surface area contributed by atoms with Crippen LogP contribution >= 0.6 is 0 Å². The van der Waals surface area contributed by atoms with Gasteiger partial charge in [0.25, 0.3) is 0 Å². The third-order valence-corrected chi connectivity index (χ3v) is 14.2. The van der Waals surface area contributed by atoms with E-state index in [4.69, 9.17) is 0 Å². The normalized spacial score (nSPS) is 12.0. The van der Waals surface area contributed by atoms with Crippen LogP contribution in [-0.2, 0) is 0 Å². The molecule has 1 heterocycles. The zero-order chi connectivity index (χ0) is 24.1. The van der Waals surface area contributed by atoms with Gasteiger partial charge in [-0.15, -0.1) is 0 Å². The van der Waals surface area contributed by atoms with Gasteiger partial charge in [0.1, 0.15) is 0 Å². The third kappa shape index (κ3) is 4.23. The summed E-state index contributed by atoms with van der Waals surface area (Å²) >= 11 is -2.17. The Labute approximate surface area is 200 Å². The van der Waals surface area contributed by atoms with Crippen LogP contribution in [0.2, 0.25) is 0 Å². The van der Waals surface area contributed by atoms with Crippen molar-refractivity contribution < 1.29 is 4.57 Å². The first-order chi connectivity index (χ1) is 14.9. The second-order valence-electron chi connectivity index (χ2n) is 10.3. The summed E-state index contributed by atoms with van der Waals surface area (Å²) in [4.78, 5) is 0. The number of hydrogen-bond donors (Lipinski definition) is 0. The van der Waals surface area contributed by atoms with Crippen molar-refractivity contribution in [2.75, 3.05) is 0 Å². The summed E-state index contributed by atoms with van der Waals surface area (Å²) in [5.74, 6) is 0. The first-order valence-electron chi connectivity index (χ1n) is 12.0. The molecule has 0 saturated carbocycles. The van der Waals surface area contributed by atoms with Crippen LogP contribution in [0, 0.1) is 55.4 Å². The van der Waals surface area contributed by atoms with E-state index in [-0.39, 0.29) is 0 Å². The number of hydrogen-bond acceptors (Lipinski definition) is 0. The van der Waals surface area contributed by atoms with Gasteiger partial charge >= 0.3 is 201 Å². The van der Waals surface area contributed by atoms with Gasteiger partial charge in [0, 0.05) is 0 Å². The van der Waals surface area contributed by atoms with Gasteiger partial charge in [0.05, 0.1) is 0 Å². The minimum absolute atomic E-state index is 0.434. The van der Waals surface area contributed by atoms with E-state index in [2.05, 4.69) is 116 Å². The molecule has 0 saturated heterocycles. The molecular weight excluding hydrogens is 449 g/mol. The monoisotopic (exact) mass is 492 g/mol. The average molecular weight is 491 g/mol. The number of aromatic nitrogens is 2. The van der Waals surface area contributed by atoms with Crippen molar-refractivity contribution >= 4 is 27.8 Å². The van der Waals surface area contributed by atoms with Crippen molar-refractivity contribution in [2.45, 2.75) is 95.2 Å². The number of imidazole rings is 1. The first kappa shape index (κ1) is 24.8. The van der Waals surface area contributed by atoms with Crippen LogP contribution in [0.3, 0.4) is 0 Å². The maximum atomic E-state index is 2.67. The molecule has 0 aliphatic carbocycles. The zero-order valence-electron chi connectivity index (χ0n) is 22.4. The van der Waals surface area contributed by atoms with Crippen LogP contribution in [0.5, 0.6) is 0 Å². The zero-order valence-corrected chi connectivity index (χ0v) is 24.5. The fraction of sp³-hybridized carbons (Fsp3) is 0.483. The van der Waals surface area contributed by atoms with Gasteiger partial charge < -0.3 is 0 Å². The first-order valence-corrected chi connectivity index (χ1v) is 15.2. The fourth-order valence-corrected chi connectivity index (χ4v) is 14.0. The molecule has 0 unspecified atom stereocenters. The van der Waals surface area contributed by atoms with E-state index in [9.17, 15) is 0 Å². The fourth-order valence-electron chi connectivity index (χ4n) is 5.78. The second-order valence-corrected chi connectivity index (χ2v) is 15.0. The predicted octanol–water partition coefficient (Wildman–Crippen LogP) is 4.92. The van der Waals surface area contributed by atoms with Crippen LogP contribution in [0.1, 0.15) is 84.5 Å². The van der Waals surface area contributed by atoms with E-state index < -0.39 is 14.3 Å². The van der Waals surface area contributed by atoms with Crippen molar-refractivity contribution in [3.8, 4) is 0 Å². The van der Waals surface area contributed by atoms with Gasteiger partial charge in [0.15, 0.2) is 0 Å². The van der Waals surface area contributed by atoms with Crippen molar-refractivity contribution in [2.24, 2.45) is 0 Å². The Hall–Kier alpha value is -1.81. The molecular formula is C29H42GeN2+. The average Bonchev–Trinajstić information content (AvgIpc) is 2.90. The van der Waals surface area contributed by atoms with Crippen molar-refractivity contribution in [1.82, 2.24) is 4.57 Å². The number of benzene rings is 2. The summed E-state index contributed by atoms with van der Waals surface area (Å²) in [6, 6.07) is 10.5. The molecule has 171 valence electrons. The van der Waals surface area contributed by atoms with Crippen LogP contribution < -0.4 is 18.0 Å². The van der Waals surface area contributed by atoms with Gasteiger partial charge in [-0.05, 0) is 0 Å².